The molecule has 3 nitrogen and oxygen atoms in total. The van der Waals surface area contributed by atoms with Crippen LogP contribution in [0, 0.1) is 0 Å². The van der Waals surface area contributed by atoms with Gasteiger partial charge in [-0.25, -0.2) is 0 Å². The summed E-state index contributed by atoms with van der Waals surface area (Å²) in [7, 11) is 3.95. The molecule has 72 valence electrons. The van der Waals surface area contributed by atoms with Crippen LogP contribution in [0.3, 0.4) is 0 Å². The number of hydrogen-bond donors (Lipinski definition) is 0. The monoisotopic (exact) mass is 172 g/mol. The third kappa shape index (κ3) is 2.44. The highest BCUT2D eigenvalue weighted by Crippen LogP contribution is 2.14. The zero-order chi connectivity index (χ0) is 8.97. The van der Waals surface area contributed by atoms with Crippen molar-refractivity contribution >= 4 is 0 Å². The smallest absolute Gasteiger partial charge is 0.0575 e. The Bertz CT molecular complexity index is 118. The van der Waals surface area contributed by atoms with E-state index in [-0.39, 0.29) is 0 Å². The first-order chi connectivity index (χ1) is 5.77. The molecule has 0 aliphatic carbocycles. The topological polar surface area (TPSA) is 15.7 Å². The zero-order valence-corrected chi connectivity index (χ0v) is 8.42. The molecule has 0 bridgehead atoms. The van der Waals surface area contributed by atoms with Gasteiger partial charge in [0.05, 0.1) is 7.11 Å². The fraction of sp³-hybridized carbons (Fsp3) is 1.00. The summed E-state index contributed by atoms with van der Waals surface area (Å²) in [4.78, 5) is 7.66. The lowest BCUT2D eigenvalue weighted by Gasteiger charge is -2.34. The predicted octanol–water partition coefficient (Wildman–Crippen LogP) is 0.964. The maximum Gasteiger partial charge on any atom is 0.0575 e. The second-order valence-corrected chi connectivity index (χ2v) is 3.45. The third-order valence-electron chi connectivity index (χ3n) is 2.64. The molecular formula is C9H20N2O. The lowest BCUT2D eigenvalue weighted by Crippen LogP contribution is -2.43. The van der Waals surface area contributed by atoms with Crippen LogP contribution in [0.2, 0.25) is 0 Å². The van der Waals surface area contributed by atoms with E-state index in [0.29, 0.717) is 6.04 Å². The summed E-state index contributed by atoms with van der Waals surface area (Å²) in [5, 5.41) is 2.09. The van der Waals surface area contributed by atoms with E-state index in [1.54, 1.807) is 7.11 Å². The number of likely N-dealkylation sites (tertiary alicyclic amines) is 1. The molecule has 1 aliphatic rings. The Balaban J connectivity index is 2.32. The van der Waals surface area contributed by atoms with E-state index in [0.717, 1.165) is 6.54 Å². The summed E-state index contributed by atoms with van der Waals surface area (Å²) in [5.74, 6) is 0. The van der Waals surface area contributed by atoms with Gasteiger partial charge in [0.1, 0.15) is 0 Å². The first-order valence-corrected chi connectivity index (χ1v) is 4.77. The van der Waals surface area contributed by atoms with Crippen molar-refractivity contribution in [1.29, 1.82) is 0 Å². The summed E-state index contributed by atoms with van der Waals surface area (Å²) in [6.07, 6.45) is 2.47. The molecule has 0 saturated carbocycles. The average Bonchev–Trinajstić information content (AvgIpc) is 2.10. The number of hydrogen-bond acceptors (Lipinski definition) is 3. The first-order valence-electron chi connectivity index (χ1n) is 4.77. The Labute approximate surface area is 75.2 Å². The summed E-state index contributed by atoms with van der Waals surface area (Å²) in [5.41, 5.74) is 0. The van der Waals surface area contributed by atoms with Crippen LogP contribution in [-0.4, -0.2) is 49.8 Å². The van der Waals surface area contributed by atoms with Gasteiger partial charge in [-0.05, 0) is 33.0 Å². The highest BCUT2D eigenvalue weighted by molar-refractivity contribution is 4.74. The Kier molecular flexibility index (Phi) is 3.98. The first kappa shape index (κ1) is 9.96. The van der Waals surface area contributed by atoms with Gasteiger partial charge in [-0.2, -0.15) is 5.06 Å². The van der Waals surface area contributed by atoms with Gasteiger partial charge in [0.25, 0.3) is 0 Å². The summed E-state index contributed by atoms with van der Waals surface area (Å²) in [6, 6.07) is 0.635. The second-order valence-electron chi connectivity index (χ2n) is 3.45. The molecule has 3 heteroatoms. The van der Waals surface area contributed by atoms with E-state index < -0.39 is 0 Å². The van der Waals surface area contributed by atoms with Crippen molar-refractivity contribution in [3.8, 4) is 0 Å². The summed E-state index contributed by atoms with van der Waals surface area (Å²) in [6.45, 7) is 5.53. The molecule has 0 N–H and O–H groups in total. The number of rotatable bonds is 3. The van der Waals surface area contributed by atoms with Crippen LogP contribution in [-0.2, 0) is 4.84 Å². The maximum atomic E-state index is 5.29. The number of hydroxylamine groups is 2. The SMILES string of the molecule is CCN(OC)C1CCN(C)CC1. The molecule has 0 aromatic heterocycles. The van der Waals surface area contributed by atoms with E-state index in [1.807, 2.05) is 0 Å². The molecule has 0 unspecified atom stereocenters. The van der Waals surface area contributed by atoms with Gasteiger partial charge in [0, 0.05) is 12.6 Å². The fourth-order valence-corrected chi connectivity index (χ4v) is 1.82. The Morgan fingerprint density at radius 2 is 2.00 bits per heavy atom. The standard InChI is InChI=1S/C9H20N2O/c1-4-11(12-3)9-5-7-10(2)8-6-9/h9H,4-8H2,1-3H3. The van der Waals surface area contributed by atoms with Crippen LogP contribution in [0.15, 0.2) is 0 Å². The molecular weight excluding hydrogens is 152 g/mol. The van der Waals surface area contributed by atoms with Crippen LogP contribution in [0.4, 0.5) is 0 Å². The molecule has 1 aliphatic heterocycles. The molecule has 0 atom stereocenters. The van der Waals surface area contributed by atoms with Crippen molar-refractivity contribution in [2.45, 2.75) is 25.8 Å². The highest BCUT2D eigenvalue weighted by atomic mass is 16.7. The molecule has 12 heavy (non-hydrogen) atoms. The van der Waals surface area contributed by atoms with Gasteiger partial charge in [-0.1, -0.05) is 6.92 Å². The normalized spacial score (nSPS) is 22.0. The lowest BCUT2D eigenvalue weighted by atomic mass is 10.1. The number of piperidine rings is 1. The Morgan fingerprint density at radius 1 is 1.42 bits per heavy atom. The van der Waals surface area contributed by atoms with E-state index in [1.165, 1.54) is 25.9 Å². The second kappa shape index (κ2) is 4.80. The average molecular weight is 172 g/mol. The van der Waals surface area contributed by atoms with Crippen LogP contribution in [0.5, 0.6) is 0 Å². The van der Waals surface area contributed by atoms with Crippen molar-refractivity contribution in [2.24, 2.45) is 0 Å². The van der Waals surface area contributed by atoms with Crippen LogP contribution < -0.4 is 0 Å². The Morgan fingerprint density at radius 3 is 2.42 bits per heavy atom. The molecule has 1 saturated heterocycles. The van der Waals surface area contributed by atoms with Crippen molar-refractivity contribution < 1.29 is 4.84 Å². The van der Waals surface area contributed by atoms with Gasteiger partial charge in [0.15, 0.2) is 0 Å². The van der Waals surface area contributed by atoms with E-state index in [9.17, 15) is 0 Å². The molecule has 0 amide bonds. The molecule has 1 rings (SSSR count). The molecule has 0 spiro atoms. The predicted molar refractivity (Wildman–Crippen MR) is 49.9 cm³/mol. The highest BCUT2D eigenvalue weighted by Gasteiger charge is 2.21. The molecule has 1 fully saturated rings. The quantitative estimate of drug-likeness (QED) is 0.590. The van der Waals surface area contributed by atoms with Crippen molar-refractivity contribution in [3.63, 3.8) is 0 Å². The zero-order valence-electron chi connectivity index (χ0n) is 8.42. The molecule has 0 aromatic rings. The van der Waals surface area contributed by atoms with E-state index >= 15 is 0 Å². The fourth-order valence-electron chi connectivity index (χ4n) is 1.82. The molecule has 0 radical (unpaired) electrons. The molecule has 1 heterocycles. The largest absolute Gasteiger partial charge is 0.306 e. The van der Waals surface area contributed by atoms with Crippen LogP contribution in [0.25, 0.3) is 0 Å². The maximum absolute atomic E-state index is 5.29. The lowest BCUT2D eigenvalue weighted by molar-refractivity contribution is -0.167. The van der Waals surface area contributed by atoms with Crippen molar-refractivity contribution in [1.82, 2.24) is 9.96 Å². The van der Waals surface area contributed by atoms with E-state index in [4.69, 9.17) is 4.84 Å². The molecule has 0 aromatic carbocycles. The minimum atomic E-state index is 0.635. The third-order valence-corrected chi connectivity index (χ3v) is 2.64. The minimum absolute atomic E-state index is 0.635. The van der Waals surface area contributed by atoms with Crippen LogP contribution in [0.1, 0.15) is 19.8 Å². The van der Waals surface area contributed by atoms with Gasteiger partial charge >= 0.3 is 0 Å². The van der Waals surface area contributed by atoms with Crippen molar-refractivity contribution in [2.75, 3.05) is 33.8 Å². The van der Waals surface area contributed by atoms with Crippen molar-refractivity contribution in [3.05, 3.63) is 0 Å². The summed E-state index contributed by atoms with van der Waals surface area (Å²) >= 11 is 0. The van der Waals surface area contributed by atoms with E-state index in [2.05, 4.69) is 23.9 Å². The minimum Gasteiger partial charge on any atom is -0.306 e. The van der Waals surface area contributed by atoms with Gasteiger partial charge in [-0.15, -0.1) is 0 Å². The van der Waals surface area contributed by atoms with Gasteiger partial charge < -0.3 is 9.74 Å². The van der Waals surface area contributed by atoms with Crippen LogP contribution >= 0.6 is 0 Å². The summed E-state index contributed by atoms with van der Waals surface area (Å²) < 4.78 is 0. The van der Waals surface area contributed by atoms with Gasteiger partial charge in [0.2, 0.25) is 0 Å². The van der Waals surface area contributed by atoms with Gasteiger partial charge in [-0.3, -0.25) is 0 Å². The number of nitrogens with zero attached hydrogens (tertiary/aromatic N) is 2. The Hall–Kier alpha value is -0.120.